The molecule has 5 amide bonds. The Hall–Kier alpha value is -3.28. The normalized spacial score (nSPS) is 24.5. The largest absolute Gasteiger partial charge is 0.346 e. The molecule has 294 valence electrons. The van der Waals surface area contributed by atoms with Crippen LogP contribution in [0.2, 0.25) is 0 Å². The molecule has 5 N–H and O–H groups in total. The summed E-state index contributed by atoms with van der Waals surface area (Å²) in [6, 6.07) is -4.33. The van der Waals surface area contributed by atoms with E-state index in [4.69, 9.17) is 6.42 Å². The van der Waals surface area contributed by atoms with Crippen LogP contribution in [0.3, 0.4) is 0 Å². The second-order valence-electron chi connectivity index (χ2n) is 18.0. The second kappa shape index (κ2) is 16.0. The van der Waals surface area contributed by atoms with E-state index in [0.717, 1.165) is 19.3 Å². The van der Waals surface area contributed by atoms with E-state index in [2.05, 4.69) is 33.8 Å². The van der Waals surface area contributed by atoms with Gasteiger partial charge in [-0.3, -0.25) is 23.7 Å². The van der Waals surface area contributed by atoms with Crippen molar-refractivity contribution in [2.24, 2.45) is 28.1 Å². The number of hydrogen-bond acceptors (Lipinski definition) is 6. The molecule has 3 fully saturated rings. The maximum atomic E-state index is 14.6. The maximum Gasteiger partial charge on any atom is 0.315 e. The summed E-state index contributed by atoms with van der Waals surface area (Å²) >= 11 is 0. The number of nitrogens with zero attached hydrogens (tertiary/aromatic N) is 2. The number of ketones is 1. The number of hydrogen-bond donors (Lipinski definition) is 5. The molecule has 0 radical (unpaired) electrons. The number of Topliss-reactive ketones (excluding diaryl/α,β-unsaturated/α-hetero) is 1. The Morgan fingerprint density at radius 1 is 1.00 bits per heavy atom. The van der Waals surface area contributed by atoms with E-state index in [-0.39, 0.29) is 43.6 Å². The zero-order chi connectivity index (χ0) is 39.5. The Morgan fingerprint density at radius 3 is 2.12 bits per heavy atom. The van der Waals surface area contributed by atoms with Crippen molar-refractivity contribution in [3.63, 3.8) is 0 Å². The van der Waals surface area contributed by atoms with Crippen LogP contribution in [-0.2, 0) is 28.7 Å². The number of nitrogens with one attached hydrogen (secondary N) is 4. The van der Waals surface area contributed by atoms with Crippen LogP contribution in [0.5, 0.6) is 0 Å². The van der Waals surface area contributed by atoms with Gasteiger partial charge in [-0.1, -0.05) is 66.9 Å². The average Bonchev–Trinajstić information content (AvgIpc) is 3.58. The van der Waals surface area contributed by atoms with Gasteiger partial charge in [0.15, 0.2) is 0 Å². The lowest BCUT2D eigenvalue weighted by Crippen LogP contribution is -2.62. The van der Waals surface area contributed by atoms with Gasteiger partial charge < -0.3 is 26.2 Å². The third-order valence-corrected chi connectivity index (χ3v) is 14.0. The van der Waals surface area contributed by atoms with Gasteiger partial charge in [0, 0.05) is 49.6 Å². The molecule has 1 aliphatic carbocycles. The van der Waals surface area contributed by atoms with Crippen LogP contribution in [0.15, 0.2) is 12.7 Å². The fourth-order valence-corrected chi connectivity index (χ4v) is 9.22. The summed E-state index contributed by atoms with van der Waals surface area (Å²) in [6.45, 7) is 19.4. The first-order valence-electron chi connectivity index (χ1n) is 18.5. The summed E-state index contributed by atoms with van der Waals surface area (Å²) in [6.07, 6.45) is 12.7. The first-order valence-corrected chi connectivity index (χ1v) is 21.0. The fourth-order valence-electron chi connectivity index (χ4n) is 7.04. The minimum atomic E-state index is -4.00. The predicted octanol–water partition coefficient (Wildman–Crippen LogP) is 3.08. The van der Waals surface area contributed by atoms with Crippen molar-refractivity contribution in [2.45, 2.75) is 118 Å². The molecule has 2 heterocycles. The van der Waals surface area contributed by atoms with Gasteiger partial charge in [0.1, 0.15) is 12.1 Å². The van der Waals surface area contributed by atoms with Crippen molar-refractivity contribution in [2.75, 3.05) is 38.2 Å². The molecule has 2 saturated heterocycles. The van der Waals surface area contributed by atoms with Crippen LogP contribution in [0.25, 0.3) is 0 Å². The van der Waals surface area contributed by atoms with Crippen LogP contribution >= 0.6 is 0 Å². The van der Waals surface area contributed by atoms with E-state index in [0.29, 0.717) is 19.4 Å². The molecule has 1 saturated carbocycles. The van der Waals surface area contributed by atoms with Crippen molar-refractivity contribution in [3.05, 3.63) is 12.7 Å². The minimum Gasteiger partial charge on any atom is -0.346 e. The lowest BCUT2D eigenvalue weighted by atomic mass is 9.78. The van der Waals surface area contributed by atoms with Gasteiger partial charge in [-0.2, -0.15) is 4.21 Å². The standard InChI is InChI=1S/C38H64N6O7S/c1-12-18-39-33(47)30(45)27(21-25-16-14-17-25)40-32(46)28-22-26(38(9,10)13-2)23-44(28)34(48)31(37(6,7)8)42-35(49)41-29(36(3,4)5)24-43-19-15-20-52(43,11,50)51/h2,12,25-29,31H,1,14-24H2,3-11H3,(H,39,47)(H,40,46)(H,50,51)(H2,41,42,49)/t26-,27?,28+,29-,31-/m1/s1. The van der Waals surface area contributed by atoms with Gasteiger partial charge in [0.2, 0.25) is 17.6 Å². The Labute approximate surface area is 311 Å². The van der Waals surface area contributed by atoms with E-state index >= 15 is 0 Å². The highest BCUT2D eigenvalue weighted by Gasteiger charge is 2.49. The number of carbonyl (C=O) groups excluding carboxylic acids is 5. The van der Waals surface area contributed by atoms with Crippen molar-refractivity contribution in [3.8, 4) is 12.3 Å². The number of likely N-dealkylation sites (tertiary alicyclic amines) is 1. The van der Waals surface area contributed by atoms with E-state index in [1.54, 1.807) is 4.31 Å². The molecule has 3 aliphatic rings. The van der Waals surface area contributed by atoms with E-state index in [1.807, 2.05) is 55.4 Å². The van der Waals surface area contributed by atoms with Gasteiger partial charge in [-0.15, -0.1) is 28.5 Å². The predicted molar refractivity (Wildman–Crippen MR) is 204 cm³/mol. The summed E-state index contributed by atoms with van der Waals surface area (Å²) < 4.78 is 25.7. The molecule has 0 aromatic heterocycles. The van der Waals surface area contributed by atoms with Gasteiger partial charge in [-0.25, -0.2) is 9.10 Å². The molecule has 3 rings (SSSR count). The molecule has 0 spiro atoms. The smallest absolute Gasteiger partial charge is 0.315 e. The summed E-state index contributed by atoms with van der Waals surface area (Å²) in [4.78, 5) is 69.9. The Morgan fingerprint density at radius 2 is 1.63 bits per heavy atom. The molecule has 13 nitrogen and oxygen atoms in total. The Balaban J connectivity index is 1.89. The molecule has 14 heteroatoms. The van der Waals surface area contributed by atoms with Crippen molar-refractivity contribution >= 4 is 39.1 Å². The molecule has 0 bridgehead atoms. The molecular weight excluding hydrogens is 685 g/mol. The highest BCUT2D eigenvalue weighted by atomic mass is 32.3. The average molecular weight is 749 g/mol. The topological polar surface area (TPSA) is 177 Å². The van der Waals surface area contributed by atoms with Crippen LogP contribution in [0.4, 0.5) is 4.79 Å². The highest BCUT2D eigenvalue weighted by molar-refractivity contribution is 8.12. The third-order valence-electron chi connectivity index (χ3n) is 11.1. The highest BCUT2D eigenvalue weighted by Crippen LogP contribution is 2.39. The van der Waals surface area contributed by atoms with Gasteiger partial charge in [0.05, 0.1) is 6.04 Å². The first kappa shape index (κ1) is 43.1. The molecule has 5 atom stereocenters. The van der Waals surface area contributed by atoms with E-state index in [9.17, 15) is 32.7 Å². The Kier molecular flexibility index (Phi) is 13.3. The van der Waals surface area contributed by atoms with Gasteiger partial charge >= 0.3 is 6.03 Å². The summed E-state index contributed by atoms with van der Waals surface area (Å²) in [5.41, 5.74) is -1.99. The van der Waals surface area contributed by atoms with Crippen LogP contribution in [0, 0.1) is 40.4 Å². The summed E-state index contributed by atoms with van der Waals surface area (Å²) in [5, 5.41) is 11.2. The zero-order valence-electron chi connectivity index (χ0n) is 32.8. The fraction of sp³-hybridized carbons (Fsp3) is 0.763. The van der Waals surface area contributed by atoms with Crippen LogP contribution in [-0.4, -0.2) is 110 Å². The molecule has 1 unspecified atom stereocenters. The molecular formula is C38H64N6O7S. The summed E-state index contributed by atoms with van der Waals surface area (Å²) in [5.74, 6) is 0.275. The minimum absolute atomic E-state index is 0.104. The number of urea groups is 1. The molecule has 0 aromatic rings. The Bertz CT molecular complexity index is 1500. The lowest BCUT2D eigenvalue weighted by molar-refractivity contribution is -0.144. The summed E-state index contributed by atoms with van der Waals surface area (Å²) in [7, 11) is -4.00. The SMILES string of the molecule is C#CC(C)(C)[C@@H]1C[C@@H](C(=O)NC(CC2CCC2)C(=O)C(=O)NCC=C)N(C(=O)[C@@H](NC(=O)N[C@H](CN2CCCS2(C)(=O)O)C(C)(C)C)C(C)(C)C)C1. The zero-order valence-corrected chi connectivity index (χ0v) is 33.6. The van der Waals surface area contributed by atoms with Crippen molar-refractivity contribution in [1.29, 1.82) is 0 Å². The van der Waals surface area contributed by atoms with Gasteiger partial charge in [0.25, 0.3) is 5.91 Å². The quantitative estimate of drug-likeness (QED) is 0.103. The van der Waals surface area contributed by atoms with E-state index in [1.165, 1.54) is 17.2 Å². The van der Waals surface area contributed by atoms with Crippen molar-refractivity contribution < 1.29 is 32.7 Å². The second-order valence-corrected chi connectivity index (χ2v) is 21.7. The maximum absolute atomic E-state index is 14.6. The number of terminal acetylenes is 1. The monoisotopic (exact) mass is 748 g/mol. The number of amides is 5. The number of rotatable bonds is 14. The third kappa shape index (κ3) is 10.7. The molecule has 0 aromatic carbocycles. The van der Waals surface area contributed by atoms with Crippen molar-refractivity contribution in [1.82, 2.24) is 30.5 Å². The molecule has 2 aliphatic heterocycles. The first-order chi connectivity index (χ1) is 23.8. The molecule has 52 heavy (non-hydrogen) atoms. The van der Waals surface area contributed by atoms with Crippen LogP contribution < -0.4 is 21.3 Å². The van der Waals surface area contributed by atoms with Crippen LogP contribution in [0.1, 0.15) is 93.9 Å². The van der Waals surface area contributed by atoms with E-state index < -0.39 is 79.5 Å². The lowest BCUT2D eigenvalue weighted by Gasteiger charge is -2.46. The van der Waals surface area contributed by atoms with Gasteiger partial charge in [-0.05, 0) is 55.8 Å². The number of carbonyl (C=O) groups is 5.